The molecule has 1 aliphatic rings. The predicted octanol–water partition coefficient (Wildman–Crippen LogP) is 1.88. The van der Waals surface area contributed by atoms with Gasteiger partial charge in [0.05, 0.1) is 17.4 Å². The van der Waals surface area contributed by atoms with Crippen LogP contribution in [0.4, 0.5) is 0 Å². The molecule has 2 atom stereocenters. The maximum absolute atomic E-state index is 12.2. The van der Waals surface area contributed by atoms with E-state index in [1.807, 2.05) is 13.8 Å². The number of aryl methyl sites for hydroxylation is 2. The summed E-state index contributed by atoms with van der Waals surface area (Å²) in [6.07, 6.45) is 2.84. The summed E-state index contributed by atoms with van der Waals surface area (Å²) in [6.45, 7) is 9.40. The molecule has 2 rings (SSSR count). The van der Waals surface area contributed by atoms with Gasteiger partial charge < -0.3 is 10.1 Å². The highest BCUT2D eigenvalue weighted by Gasteiger charge is 2.30. The third kappa shape index (κ3) is 3.33. The Morgan fingerprint density at radius 2 is 2.25 bits per heavy atom. The quantitative estimate of drug-likeness (QED) is 0.912. The monoisotopic (exact) mass is 277 g/mol. The zero-order valence-corrected chi connectivity index (χ0v) is 12.6. The molecule has 1 aliphatic heterocycles. The molecule has 0 bridgehead atoms. The summed E-state index contributed by atoms with van der Waals surface area (Å²) >= 11 is 0. The molecule has 1 aromatic rings. The third-order valence-electron chi connectivity index (χ3n) is 3.79. The van der Waals surface area contributed by atoms with E-state index in [-0.39, 0.29) is 12.0 Å². The molecule has 0 aliphatic carbocycles. The van der Waals surface area contributed by atoms with Crippen LogP contribution in [0.1, 0.15) is 42.1 Å². The summed E-state index contributed by atoms with van der Waals surface area (Å²) in [6, 6.07) is 0. The van der Waals surface area contributed by atoms with Crippen LogP contribution >= 0.6 is 0 Å². The summed E-state index contributed by atoms with van der Waals surface area (Å²) in [5, 5.41) is 2.99. The summed E-state index contributed by atoms with van der Waals surface area (Å²) in [5.41, 5.74) is 1.27. The average Bonchev–Trinajstić information content (AvgIpc) is 2.84. The van der Waals surface area contributed by atoms with Gasteiger partial charge in [-0.1, -0.05) is 13.8 Å². The molecule has 20 heavy (non-hydrogen) atoms. The van der Waals surface area contributed by atoms with Crippen molar-refractivity contribution >= 4 is 5.91 Å². The lowest BCUT2D eigenvalue weighted by Crippen LogP contribution is -2.35. The van der Waals surface area contributed by atoms with Crippen LogP contribution in [0.25, 0.3) is 0 Å². The molecule has 5 heteroatoms. The molecule has 1 saturated heterocycles. The van der Waals surface area contributed by atoms with Gasteiger partial charge in [0.1, 0.15) is 5.82 Å². The maximum atomic E-state index is 12.2. The van der Waals surface area contributed by atoms with Gasteiger partial charge in [-0.15, -0.1) is 0 Å². The topological polar surface area (TPSA) is 64.1 Å². The normalized spacial score (nSPS) is 22.2. The second-order valence-electron chi connectivity index (χ2n) is 5.75. The lowest BCUT2D eigenvalue weighted by molar-refractivity contribution is 0.0533. The zero-order chi connectivity index (χ0) is 14.7. The highest BCUT2D eigenvalue weighted by atomic mass is 16.5. The Labute approximate surface area is 120 Å². The number of hydrogen-bond donors (Lipinski definition) is 1. The second-order valence-corrected chi connectivity index (χ2v) is 5.75. The van der Waals surface area contributed by atoms with Crippen LogP contribution in [-0.2, 0) is 4.74 Å². The van der Waals surface area contributed by atoms with Crippen molar-refractivity contribution in [3.63, 3.8) is 0 Å². The van der Waals surface area contributed by atoms with Gasteiger partial charge in [0.2, 0.25) is 0 Å². The van der Waals surface area contributed by atoms with E-state index < -0.39 is 0 Å². The van der Waals surface area contributed by atoms with Gasteiger partial charge in [-0.3, -0.25) is 4.79 Å². The van der Waals surface area contributed by atoms with E-state index in [1.165, 1.54) is 0 Å². The van der Waals surface area contributed by atoms with Crippen molar-refractivity contribution in [3.05, 3.63) is 23.3 Å². The zero-order valence-electron chi connectivity index (χ0n) is 12.6. The van der Waals surface area contributed by atoms with Crippen molar-refractivity contribution in [1.29, 1.82) is 0 Å². The smallest absolute Gasteiger partial charge is 0.254 e. The number of hydrogen-bond acceptors (Lipinski definition) is 4. The van der Waals surface area contributed by atoms with Gasteiger partial charge in [0, 0.05) is 25.3 Å². The number of nitrogens with one attached hydrogen (secondary N) is 1. The number of aromatic nitrogens is 2. The highest BCUT2D eigenvalue weighted by molar-refractivity contribution is 5.94. The van der Waals surface area contributed by atoms with E-state index in [0.29, 0.717) is 29.8 Å². The van der Waals surface area contributed by atoms with E-state index in [1.54, 1.807) is 6.20 Å². The fourth-order valence-electron chi connectivity index (χ4n) is 2.74. The molecule has 1 N–H and O–H groups in total. The average molecular weight is 277 g/mol. The van der Waals surface area contributed by atoms with Crippen molar-refractivity contribution in [2.75, 3.05) is 13.2 Å². The highest BCUT2D eigenvalue weighted by Crippen LogP contribution is 2.26. The molecule has 1 fully saturated rings. The Morgan fingerprint density at radius 1 is 1.50 bits per heavy atom. The summed E-state index contributed by atoms with van der Waals surface area (Å²) in [4.78, 5) is 20.5. The van der Waals surface area contributed by atoms with Crippen molar-refractivity contribution in [3.8, 4) is 0 Å². The number of amides is 1. The first-order valence-electron chi connectivity index (χ1n) is 7.19. The lowest BCUT2D eigenvalue weighted by Gasteiger charge is -2.22. The number of rotatable bonds is 4. The molecule has 0 unspecified atom stereocenters. The molecule has 0 saturated carbocycles. The molecule has 5 nitrogen and oxygen atoms in total. The minimum Gasteiger partial charge on any atom is -0.378 e. The van der Waals surface area contributed by atoms with E-state index >= 15 is 0 Å². The minimum absolute atomic E-state index is 0.100. The maximum Gasteiger partial charge on any atom is 0.254 e. The lowest BCUT2D eigenvalue weighted by atomic mass is 9.93. The van der Waals surface area contributed by atoms with Crippen LogP contribution < -0.4 is 5.32 Å². The minimum atomic E-state index is -0.100. The largest absolute Gasteiger partial charge is 0.378 e. The van der Waals surface area contributed by atoms with E-state index in [2.05, 4.69) is 29.1 Å². The van der Waals surface area contributed by atoms with Crippen LogP contribution in [0.2, 0.25) is 0 Å². The molecular weight excluding hydrogens is 254 g/mol. The first-order valence-corrected chi connectivity index (χ1v) is 7.19. The summed E-state index contributed by atoms with van der Waals surface area (Å²) < 4.78 is 5.73. The molecule has 110 valence electrons. The molecule has 0 spiro atoms. The van der Waals surface area contributed by atoms with Crippen LogP contribution in [0.15, 0.2) is 6.20 Å². The van der Waals surface area contributed by atoms with E-state index in [9.17, 15) is 4.79 Å². The summed E-state index contributed by atoms with van der Waals surface area (Å²) in [5.74, 6) is 1.45. The van der Waals surface area contributed by atoms with Gasteiger partial charge in [0.15, 0.2) is 0 Å². The van der Waals surface area contributed by atoms with Crippen molar-refractivity contribution in [1.82, 2.24) is 15.3 Å². The van der Waals surface area contributed by atoms with Crippen molar-refractivity contribution in [2.24, 2.45) is 11.8 Å². The fourth-order valence-corrected chi connectivity index (χ4v) is 2.74. The fraction of sp³-hybridized carbons (Fsp3) is 0.667. The van der Waals surface area contributed by atoms with E-state index in [0.717, 1.165) is 18.7 Å². The van der Waals surface area contributed by atoms with Crippen LogP contribution in [0.5, 0.6) is 0 Å². The number of carbonyl (C=O) groups excluding carboxylic acids is 1. The predicted molar refractivity (Wildman–Crippen MR) is 76.5 cm³/mol. The Kier molecular flexibility index (Phi) is 4.70. The number of carbonyl (C=O) groups is 1. The standard InChI is InChI=1S/C15H23N3O2/c1-9(2)14-12(5-6-20-14)7-17-15(19)13-8-16-11(4)18-10(13)3/h8-9,12,14H,5-7H2,1-4H3,(H,17,19)/t12-,14-/m1/s1. The first-order chi connectivity index (χ1) is 9.49. The van der Waals surface area contributed by atoms with Gasteiger partial charge in [-0.2, -0.15) is 0 Å². The molecule has 0 radical (unpaired) electrons. The van der Waals surface area contributed by atoms with Crippen LogP contribution in [-0.4, -0.2) is 35.1 Å². The number of ether oxygens (including phenoxy) is 1. The number of nitrogens with zero attached hydrogens (tertiary/aromatic N) is 2. The molecule has 1 amide bonds. The van der Waals surface area contributed by atoms with Crippen molar-refractivity contribution < 1.29 is 9.53 Å². The second kappa shape index (κ2) is 6.31. The Morgan fingerprint density at radius 3 is 2.90 bits per heavy atom. The Hall–Kier alpha value is -1.49. The van der Waals surface area contributed by atoms with Gasteiger partial charge in [0.25, 0.3) is 5.91 Å². The molecule has 0 aromatic carbocycles. The molecular formula is C15H23N3O2. The summed E-state index contributed by atoms with van der Waals surface area (Å²) in [7, 11) is 0. The van der Waals surface area contributed by atoms with Gasteiger partial charge >= 0.3 is 0 Å². The SMILES string of the molecule is Cc1ncc(C(=O)NC[C@H]2CCO[C@@H]2C(C)C)c(C)n1. The first kappa shape index (κ1) is 14.9. The molecule has 2 heterocycles. The van der Waals surface area contributed by atoms with Crippen molar-refractivity contribution in [2.45, 2.75) is 40.2 Å². The Bertz CT molecular complexity index is 488. The van der Waals surface area contributed by atoms with Gasteiger partial charge in [-0.25, -0.2) is 9.97 Å². The molecule has 1 aromatic heterocycles. The Balaban J connectivity index is 1.95. The van der Waals surface area contributed by atoms with Crippen LogP contribution in [0, 0.1) is 25.7 Å². The van der Waals surface area contributed by atoms with Gasteiger partial charge in [-0.05, 0) is 26.2 Å². The van der Waals surface area contributed by atoms with Crippen LogP contribution in [0.3, 0.4) is 0 Å². The van der Waals surface area contributed by atoms with E-state index in [4.69, 9.17) is 4.74 Å². The third-order valence-corrected chi connectivity index (χ3v) is 3.79.